The maximum Gasteiger partial charge on any atom is 0.306 e. The third kappa shape index (κ3) is 5.60. The lowest BCUT2D eigenvalue weighted by atomic mass is 10.2. The molecule has 0 spiro atoms. The molecule has 0 heterocycles. The van der Waals surface area contributed by atoms with E-state index in [-0.39, 0.29) is 16.4 Å². The topological polar surface area (TPSA) is 60.4 Å². The van der Waals surface area contributed by atoms with Crippen LogP contribution in [0.3, 0.4) is 0 Å². The first kappa shape index (κ1) is 21.2. The second kappa shape index (κ2) is 8.02. The van der Waals surface area contributed by atoms with E-state index >= 15 is 0 Å². The number of carbonyl (C=O) groups excluding carboxylic acids is 1. The number of Topliss-reactive ketones (excluding diaryl/α,β-unsaturated/α-hetero) is 1. The zero-order valence-electron chi connectivity index (χ0n) is 15.6. The van der Waals surface area contributed by atoms with Crippen LogP contribution in [-0.4, -0.2) is 31.0 Å². The molecule has 0 aliphatic rings. The fraction of sp³-hybridized carbons (Fsp3) is 0.611. The average molecular weight is 375 g/mol. The van der Waals surface area contributed by atoms with Crippen molar-refractivity contribution in [2.45, 2.75) is 63.5 Å². The number of hydrogen-bond donors (Lipinski definition) is 0. The lowest BCUT2D eigenvalue weighted by Gasteiger charge is -2.45. The molecule has 1 unspecified atom stereocenters. The van der Waals surface area contributed by atoms with Crippen molar-refractivity contribution in [3.8, 4) is 0 Å². The second-order valence-electron chi connectivity index (χ2n) is 7.24. The van der Waals surface area contributed by atoms with Gasteiger partial charge in [0.15, 0.2) is 0 Å². The van der Waals surface area contributed by atoms with Gasteiger partial charge in [-0.2, -0.15) is 8.42 Å². The molecule has 1 aromatic rings. The van der Waals surface area contributed by atoms with E-state index in [0.717, 1.165) is 18.4 Å². The van der Waals surface area contributed by atoms with Crippen LogP contribution in [0.2, 0.25) is 0 Å². The number of benzene rings is 1. The molecule has 0 radical (unpaired) electrons. The van der Waals surface area contributed by atoms with Crippen molar-refractivity contribution < 1.29 is 16.8 Å². The Bertz CT molecular complexity index is 657. The Morgan fingerprint density at radius 1 is 1.12 bits per heavy atom. The van der Waals surface area contributed by atoms with Crippen LogP contribution >= 0.6 is 10.3 Å². The molecule has 0 aliphatic carbocycles. The van der Waals surface area contributed by atoms with Crippen molar-refractivity contribution in [1.29, 1.82) is 0 Å². The molecule has 138 valence electrons. The summed E-state index contributed by atoms with van der Waals surface area (Å²) in [6.45, 7) is 9.72. The van der Waals surface area contributed by atoms with Crippen LogP contribution in [-0.2, 0) is 18.5 Å². The van der Waals surface area contributed by atoms with E-state index in [1.54, 1.807) is 30.5 Å². The average Bonchev–Trinajstić information content (AvgIpc) is 2.43. The van der Waals surface area contributed by atoms with E-state index in [2.05, 4.69) is 0 Å². The van der Waals surface area contributed by atoms with E-state index in [1.165, 1.54) is 0 Å². The minimum atomic E-state index is -3.90. The monoisotopic (exact) mass is 374 g/mol. The fourth-order valence-corrected chi connectivity index (χ4v) is 6.60. The standard InChI is InChI=1S/C18H30O4S2/c1-7-8-9-16(19)14-23(6,18(3,4)5)22-24(20,21)17-12-10-15(2)11-13-17/h10-13H,7-9,14H2,1-6H3. The Balaban J connectivity index is 3.09. The largest absolute Gasteiger partial charge is 0.306 e. The normalized spacial score (nSPS) is 16.4. The summed E-state index contributed by atoms with van der Waals surface area (Å²) in [5.41, 5.74) is 0.981. The number of rotatable bonds is 8. The first-order valence-corrected chi connectivity index (χ1v) is 11.8. The van der Waals surface area contributed by atoms with Crippen LogP contribution in [0.4, 0.5) is 0 Å². The highest BCUT2D eigenvalue weighted by molar-refractivity contribution is 8.33. The molecular weight excluding hydrogens is 344 g/mol. The van der Waals surface area contributed by atoms with Crippen molar-refractivity contribution >= 4 is 26.2 Å². The first-order valence-electron chi connectivity index (χ1n) is 8.21. The summed E-state index contributed by atoms with van der Waals surface area (Å²) in [6.07, 6.45) is 4.03. The van der Waals surface area contributed by atoms with Gasteiger partial charge in [-0.1, -0.05) is 51.8 Å². The van der Waals surface area contributed by atoms with Gasteiger partial charge in [-0.25, -0.2) is 3.63 Å². The summed E-state index contributed by atoms with van der Waals surface area (Å²) < 4.78 is 30.7. The van der Waals surface area contributed by atoms with E-state index in [9.17, 15) is 13.2 Å². The Kier molecular flexibility index (Phi) is 7.08. The number of hydrogen-bond acceptors (Lipinski definition) is 4. The maximum atomic E-state index is 12.7. The fourth-order valence-electron chi connectivity index (χ4n) is 2.04. The van der Waals surface area contributed by atoms with Gasteiger partial charge in [-0.15, -0.1) is 10.3 Å². The summed E-state index contributed by atoms with van der Waals surface area (Å²) in [7, 11) is -6.04. The highest BCUT2D eigenvalue weighted by Gasteiger charge is 2.40. The highest BCUT2D eigenvalue weighted by Crippen LogP contribution is 2.58. The molecular formula is C18H30O4S2. The van der Waals surface area contributed by atoms with Gasteiger partial charge in [0, 0.05) is 11.2 Å². The van der Waals surface area contributed by atoms with E-state index in [0.29, 0.717) is 6.42 Å². The van der Waals surface area contributed by atoms with Gasteiger partial charge in [-0.3, -0.25) is 4.79 Å². The van der Waals surface area contributed by atoms with Crippen LogP contribution in [0.25, 0.3) is 0 Å². The molecule has 0 aliphatic heterocycles. The molecule has 0 saturated carbocycles. The van der Waals surface area contributed by atoms with Gasteiger partial charge in [-0.05, 0) is 31.7 Å². The SMILES string of the molecule is CCCCC(=O)CS(C)(OS(=O)(=O)c1ccc(C)cc1)C(C)(C)C. The molecule has 0 amide bonds. The Labute approximate surface area is 148 Å². The van der Waals surface area contributed by atoms with Gasteiger partial charge in [0.25, 0.3) is 0 Å². The van der Waals surface area contributed by atoms with Crippen molar-refractivity contribution in [1.82, 2.24) is 0 Å². The zero-order valence-corrected chi connectivity index (χ0v) is 17.2. The smallest absolute Gasteiger partial charge is 0.299 e. The predicted octanol–water partition coefficient (Wildman–Crippen LogP) is 4.61. The molecule has 0 fully saturated rings. The Hall–Kier alpha value is -0.850. The van der Waals surface area contributed by atoms with Crippen LogP contribution < -0.4 is 0 Å². The van der Waals surface area contributed by atoms with Crippen molar-refractivity contribution in [3.05, 3.63) is 29.8 Å². The molecule has 0 bridgehead atoms. The second-order valence-corrected chi connectivity index (χ2v) is 12.7. The molecule has 0 N–H and O–H groups in total. The maximum absolute atomic E-state index is 12.7. The summed E-state index contributed by atoms with van der Waals surface area (Å²) in [4.78, 5) is 12.4. The zero-order chi connectivity index (χ0) is 18.6. The molecule has 1 aromatic carbocycles. The Morgan fingerprint density at radius 3 is 2.12 bits per heavy atom. The van der Waals surface area contributed by atoms with Gasteiger partial charge >= 0.3 is 10.1 Å². The van der Waals surface area contributed by atoms with Gasteiger partial charge < -0.3 is 0 Å². The molecule has 0 saturated heterocycles. The van der Waals surface area contributed by atoms with E-state index in [1.807, 2.05) is 34.6 Å². The molecule has 0 aromatic heterocycles. The van der Waals surface area contributed by atoms with Gasteiger partial charge in [0.2, 0.25) is 0 Å². The molecule has 1 atom stereocenters. The van der Waals surface area contributed by atoms with Crippen molar-refractivity contribution in [2.24, 2.45) is 0 Å². The van der Waals surface area contributed by atoms with Crippen LogP contribution in [0.1, 0.15) is 52.5 Å². The number of carbonyl (C=O) groups is 1. The van der Waals surface area contributed by atoms with Gasteiger partial charge in [0.05, 0.1) is 10.6 Å². The van der Waals surface area contributed by atoms with Gasteiger partial charge in [0.1, 0.15) is 5.78 Å². The number of ketones is 1. The van der Waals surface area contributed by atoms with E-state index < -0.39 is 25.2 Å². The summed E-state index contributed by atoms with van der Waals surface area (Å²) in [5.74, 6) is 0.241. The molecule has 6 heteroatoms. The highest BCUT2D eigenvalue weighted by atomic mass is 32.3. The third-order valence-corrected chi connectivity index (χ3v) is 10.3. The predicted molar refractivity (Wildman–Crippen MR) is 102 cm³/mol. The van der Waals surface area contributed by atoms with Crippen LogP contribution in [0, 0.1) is 6.92 Å². The minimum Gasteiger partial charge on any atom is -0.299 e. The van der Waals surface area contributed by atoms with Crippen molar-refractivity contribution in [3.63, 3.8) is 0 Å². The molecule has 24 heavy (non-hydrogen) atoms. The summed E-state index contributed by atoms with van der Waals surface area (Å²) >= 11 is 0. The minimum absolute atomic E-state index is 0.0726. The van der Waals surface area contributed by atoms with Crippen molar-refractivity contribution in [2.75, 3.05) is 12.0 Å². The third-order valence-electron chi connectivity index (χ3n) is 4.09. The van der Waals surface area contributed by atoms with Crippen LogP contribution in [0.5, 0.6) is 0 Å². The lowest BCUT2D eigenvalue weighted by Crippen LogP contribution is -2.33. The lowest BCUT2D eigenvalue weighted by molar-refractivity contribution is -0.116. The number of unbranched alkanes of at least 4 members (excludes halogenated alkanes) is 1. The van der Waals surface area contributed by atoms with Crippen LogP contribution in [0.15, 0.2) is 29.2 Å². The molecule has 4 nitrogen and oxygen atoms in total. The quantitative estimate of drug-likeness (QED) is 0.667. The molecule has 1 rings (SSSR count). The first-order chi connectivity index (χ1) is 10.9. The Morgan fingerprint density at radius 2 is 1.67 bits per heavy atom. The number of aryl methyl sites for hydroxylation is 1. The summed E-state index contributed by atoms with van der Waals surface area (Å²) in [6, 6.07) is 6.58. The summed E-state index contributed by atoms with van der Waals surface area (Å²) in [5, 5.41) is 0. The van der Waals surface area contributed by atoms with E-state index in [4.69, 9.17) is 3.63 Å².